The monoisotopic (exact) mass is 227 g/mol. The zero-order valence-electron chi connectivity index (χ0n) is 9.88. The highest BCUT2D eigenvalue weighted by molar-refractivity contribution is 5.05. The summed E-state index contributed by atoms with van der Waals surface area (Å²) in [5.41, 5.74) is 4.67. The molecule has 16 heavy (non-hydrogen) atoms. The van der Waals surface area contributed by atoms with Crippen molar-refractivity contribution in [3.8, 4) is 0 Å². The molecule has 0 amide bonds. The summed E-state index contributed by atoms with van der Waals surface area (Å²) >= 11 is 0. The van der Waals surface area contributed by atoms with Gasteiger partial charge in [-0.05, 0) is 56.8 Å². The zero-order chi connectivity index (χ0) is 11.2. The van der Waals surface area contributed by atoms with Gasteiger partial charge in [0.05, 0.1) is 5.60 Å². The van der Waals surface area contributed by atoms with Gasteiger partial charge in [0.15, 0.2) is 0 Å². The van der Waals surface area contributed by atoms with Crippen molar-refractivity contribution >= 4 is 0 Å². The number of rotatable bonds is 3. The van der Waals surface area contributed by atoms with Crippen LogP contribution < -0.4 is 5.73 Å². The first kappa shape index (κ1) is 11.0. The third kappa shape index (κ3) is 1.60. The molecule has 2 saturated carbocycles. The molecule has 0 aromatic heterocycles. The van der Waals surface area contributed by atoms with E-state index in [0.29, 0.717) is 0 Å². The molecule has 0 radical (unpaired) electrons. The highest BCUT2D eigenvalue weighted by Crippen LogP contribution is 2.53. The highest BCUT2D eigenvalue weighted by atomic mass is 19.1. The van der Waals surface area contributed by atoms with E-state index in [1.807, 2.05) is 0 Å². The van der Waals surface area contributed by atoms with Crippen molar-refractivity contribution in [3.63, 3.8) is 0 Å². The van der Waals surface area contributed by atoms with Gasteiger partial charge in [-0.1, -0.05) is 0 Å². The molecule has 1 spiro atoms. The Morgan fingerprint density at radius 2 is 2.00 bits per heavy atom. The summed E-state index contributed by atoms with van der Waals surface area (Å²) in [4.78, 5) is 0. The van der Waals surface area contributed by atoms with Crippen LogP contribution >= 0.6 is 0 Å². The Labute approximate surface area is 96.7 Å². The van der Waals surface area contributed by atoms with Crippen LogP contribution in [0, 0.1) is 11.8 Å². The topological polar surface area (TPSA) is 35.2 Å². The number of alkyl halides is 1. The number of ether oxygens (including phenoxy) is 1. The molecule has 2 atom stereocenters. The Balaban J connectivity index is 1.72. The van der Waals surface area contributed by atoms with Gasteiger partial charge in [0, 0.05) is 13.2 Å². The second-order valence-corrected chi connectivity index (χ2v) is 5.98. The fraction of sp³-hybridized carbons (Fsp3) is 1.00. The predicted molar refractivity (Wildman–Crippen MR) is 60.9 cm³/mol. The van der Waals surface area contributed by atoms with Gasteiger partial charge in [-0.3, -0.25) is 0 Å². The summed E-state index contributed by atoms with van der Waals surface area (Å²) in [6.45, 7) is 0.946. The lowest BCUT2D eigenvalue weighted by atomic mass is 9.67. The first-order valence-electron chi connectivity index (χ1n) is 6.71. The standard InChI is InChI=1S/C13H22FNO/c14-13(9-15,10-2-3-10)11-4-7-16-12(8-11)5-1-6-12/h10-11H,1-9,15H2. The van der Waals surface area contributed by atoms with Gasteiger partial charge in [-0.15, -0.1) is 0 Å². The molecule has 0 aromatic carbocycles. The summed E-state index contributed by atoms with van der Waals surface area (Å²) in [5.74, 6) is 0.400. The SMILES string of the molecule is NCC(F)(C1CC1)C1CCOC2(CCC2)C1. The van der Waals surface area contributed by atoms with Crippen molar-refractivity contribution in [2.75, 3.05) is 13.2 Å². The number of hydrogen-bond acceptors (Lipinski definition) is 2. The Morgan fingerprint density at radius 3 is 2.50 bits per heavy atom. The van der Waals surface area contributed by atoms with Crippen LogP contribution in [0.3, 0.4) is 0 Å². The van der Waals surface area contributed by atoms with Crippen molar-refractivity contribution in [1.82, 2.24) is 0 Å². The van der Waals surface area contributed by atoms with Crippen LogP contribution in [0.2, 0.25) is 0 Å². The number of hydrogen-bond donors (Lipinski definition) is 1. The van der Waals surface area contributed by atoms with E-state index in [4.69, 9.17) is 10.5 Å². The zero-order valence-corrected chi connectivity index (χ0v) is 9.88. The molecule has 0 bridgehead atoms. The van der Waals surface area contributed by atoms with Crippen molar-refractivity contribution in [1.29, 1.82) is 0 Å². The Kier molecular flexibility index (Phi) is 2.52. The maximum Gasteiger partial charge on any atom is 0.129 e. The second-order valence-electron chi connectivity index (χ2n) is 5.98. The van der Waals surface area contributed by atoms with Crippen LogP contribution in [-0.4, -0.2) is 24.4 Å². The largest absolute Gasteiger partial charge is 0.375 e. The summed E-state index contributed by atoms with van der Waals surface area (Å²) in [6.07, 6.45) is 7.38. The minimum absolute atomic E-state index is 0.0459. The summed E-state index contributed by atoms with van der Waals surface area (Å²) < 4.78 is 20.8. The van der Waals surface area contributed by atoms with Crippen molar-refractivity contribution in [3.05, 3.63) is 0 Å². The maximum atomic E-state index is 14.9. The molecular weight excluding hydrogens is 205 g/mol. The minimum Gasteiger partial charge on any atom is -0.375 e. The van der Waals surface area contributed by atoms with E-state index in [1.165, 1.54) is 6.42 Å². The van der Waals surface area contributed by atoms with E-state index in [2.05, 4.69) is 0 Å². The van der Waals surface area contributed by atoms with Gasteiger partial charge in [0.25, 0.3) is 0 Å². The molecule has 2 aliphatic carbocycles. The predicted octanol–water partition coefficient (Wildman–Crippen LogP) is 2.41. The van der Waals surface area contributed by atoms with Gasteiger partial charge < -0.3 is 10.5 Å². The summed E-state index contributed by atoms with van der Waals surface area (Å²) in [6, 6.07) is 0. The molecule has 2 nitrogen and oxygen atoms in total. The van der Waals surface area contributed by atoms with Crippen LogP contribution in [0.25, 0.3) is 0 Å². The normalized spacial score (nSPS) is 36.8. The molecule has 2 unspecified atom stereocenters. The third-order valence-corrected chi connectivity index (χ3v) is 5.01. The average Bonchev–Trinajstić information content (AvgIpc) is 3.10. The summed E-state index contributed by atoms with van der Waals surface area (Å²) in [7, 11) is 0. The van der Waals surface area contributed by atoms with Gasteiger partial charge >= 0.3 is 0 Å². The Bertz CT molecular complexity index is 275. The van der Waals surface area contributed by atoms with E-state index in [-0.39, 0.29) is 24.0 Å². The Morgan fingerprint density at radius 1 is 1.25 bits per heavy atom. The highest BCUT2D eigenvalue weighted by Gasteiger charge is 2.54. The molecule has 3 aliphatic rings. The van der Waals surface area contributed by atoms with Crippen molar-refractivity contribution in [2.45, 2.75) is 56.2 Å². The lowest BCUT2D eigenvalue weighted by Crippen LogP contribution is -2.53. The molecule has 3 fully saturated rings. The minimum atomic E-state index is -1.09. The van der Waals surface area contributed by atoms with E-state index >= 15 is 0 Å². The van der Waals surface area contributed by atoms with Crippen molar-refractivity contribution in [2.24, 2.45) is 17.6 Å². The lowest BCUT2D eigenvalue weighted by molar-refractivity contribution is -0.164. The van der Waals surface area contributed by atoms with E-state index in [9.17, 15) is 4.39 Å². The van der Waals surface area contributed by atoms with Gasteiger partial charge in [-0.2, -0.15) is 0 Å². The second kappa shape index (κ2) is 3.67. The van der Waals surface area contributed by atoms with Crippen LogP contribution in [0.5, 0.6) is 0 Å². The fourth-order valence-corrected chi connectivity index (χ4v) is 3.59. The van der Waals surface area contributed by atoms with E-state index in [1.54, 1.807) is 0 Å². The third-order valence-electron chi connectivity index (χ3n) is 5.01. The van der Waals surface area contributed by atoms with Crippen LogP contribution in [0.1, 0.15) is 44.9 Å². The van der Waals surface area contributed by atoms with Crippen LogP contribution in [0.15, 0.2) is 0 Å². The number of nitrogens with two attached hydrogens (primary N) is 1. The average molecular weight is 227 g/mol. The van der Waals surface area contributed by atoms with Crippen LogP contribution in [-0.2, 0) is 4.74 Å². The van der Waals surface area contributed by atoms with E-state index < -0.39 is 5.67 Å². The molecule has 1 aliphatic heterocycles. The molecule has 3 heteroatoms. The van der Waals surface area contributed by atoms with Gasteiger partial charge in [0.2, 0.25) is 0 Å². The van der Waals surface area contributed by atoms with Crippen molar-refractivity contribution < 1.29 is 9.13 Å². The summed E-state index contributed by atoms with van der Waals surface area (Å²) in [5, 5.41) is 0. The maximum absolute atomic E-state index is 14.9. The first-order valence-corrected chi connectivity index (χ1v) is 6.71. The molecule has 1 saturated heterocycles. The number of halogens is 1. The van der Waals surface area contributed by atoms with Crippen LogP contribution in [0.4, 0.5) is 4.39 Å². The molecule has 92 valence electrons. The lowest BCUT2D eigenvalue weighted by Gasteiger charge is -2.50. The molecule has 2 N–H and O–H groups in total. The van der Waals surface area contributed by atoms with E-state index in [0.717, 1.165) is 45.1 Å². The smallest absolute Gasteiger partial charge is 0.129 e. The van der Waals surface area contributed by atoms with Gasteiger partial charge in [0.1, 0.15) is 5.67 Å². The quantitative estimate of drug-likeness (QED) is 0.803. The molecule has 3 rings (SSSR count). The van der Waals surface area contributed by atoms with Gasteiger partial charge in [-0.25, -0.2) is 4.39 Å². The fourth-order valence-electron chi connectivity index (χ4n) is 3.59. The molecule has 0 aromatic rings. The first-order chi connectivity index (χ1) is 7.69. The molecule has 1 heterocycles. The Hall–Kier alpha value is -0.150. The molecular formula is C13H22FNO.